The van der Waals surface area contributed by atoms with Gasteiger partial charge in [-0.1, -0.05) is 35.9 Å². The van der Waals surface area contributed by atoms with Crippen LogP contribution in [0.1, 0.15) is 11.1 Å². The van der Waals surface area contributed by atoms with Crippen molar-refractivity contribution >= 4 is 5.69 Å². The first-order chi connectivity index (χ1) is 9.28. The van der Waals surface area contributed by atoms with Gasteiger partial charge >= 0.3 is 0 Å². The van der Waals surface area contributed by atoms with Gasteiger partial charge in [-0.05, 0) is 24.6 Å². The van der Waals surface area contributed by atoms with Crippen molar-refractivity contribution < 1.29 is 4.74 Å². The molecular weight excluding hydrogens is 236 g/mol. The second-order valence-corrected chi connectivity index (χ2v) is 4.32. The third kappa shape index (κ3) is 4.04. The lowest BCUT2D eigenvalue weighted by molar-refractivity contribution is 0.368. The molecular formula is C16H16N2O. The van der Waals surface area contributed by atoms with E-state index >= 15 is 0 Å². The number of nitriles is 1. The SMILES string of the molecule is Cc1cccc(CNc2cccc(OCC#N)c2)c1. The Hall–Kier alpha value is -2.47. The molecule has 0 aliphatic carbocycles. The molecule has 96 valence electrons. The Morgan fingerprint density at radius 1 is 1.16 bits per heavy atom. The molecule has 0 amide bonds. The average Bonchev–Trinajstić information content (AvgIpc) is 2.43. The Morgan fingerprint density at radius 3 is 2.79 bits per heavy atom. The number of hydrogen-bond donors (Lipinski definition) is 1. The zero-order valence-corrected chi connectivity index (χ0v) is 10.9. The van der Waals surface area contributed by atoms with Crippen LogP contribution in [-0.4, -0.2) is 6.61 Å². The van der Waals surface area contributed by atoms with Crippen LogP contribution in [0.15, 0.2) is 48.5 Å². The maximum atomic E-state index is 8.48. The van der Waals surface area contributed by atoms with Crippen molar-refractivity contribution in [1.29, 1.82) is 5.26 Å². The van der Waals surface area contributed by atoms with Gasteiger partial charge < -0.3 is 10.1 Å². The number of anilines is 1. The maximum absolute atomic E-state index is 8.48. The first-order valence-corrected chi connectivity index (χ1v) is 6.17. The Morgan fingerprint density at radius 2 is 2.00 bits per heavy atom. The standard InChI is InChI=1S/C16H16N2O/c1-13-4-2-5-14(10-13)12-18-15-6-3-7-16(11-15)19-9-8-17/h2-7,10-11,18H,9,12H2,1H3. The van der Waals surface area contributed by atoms with E-state index in [0.717, 1.165) is 12.2 Å². The summed E-state index contributed by atoms with van der Waals surface area (Å²) in [7, 11) is 0. The summed E-state index contributed by atoms with van der Waals surface area (Å²) >= 11 is 0. The minimum absolute atomic E-state index is 0.0708. The largest absolute Gasteiger partial charge is 0.479 e. The third-order valence-electron chi connectivity index (χ3n) is 2.72. The highest BCUT2D eigenvalue weighted by Gasteiger charge is 1.97. The number of hydrogen-bond acceptors (Lipinski definition) is 3. The fourth-order valence-corrected chi connectivity index (χ4v) is 1.84. The predicted octanol–water partition coefficient (Wildman–Crippen LogP) is 3.51. The molecule has 0 spiro atoms. The zero-order chi connectivity index (χ0) is 13.5. The summed E-state index contributed by atoms with van der Waals surface area (Å²) in [4.78, 5) is 0. The Bertz CT molecular complexity index is 587. The van der Waals surface area contributed by atoms with Crippen LogP contribution in [0.3, 0.4) is 0 Å². The molecule has 0 heterocycles. The van der Waals surface area contributed by atoms with Gasteiger partial charge in [-0.15, -0.1) is 0 Å². The topological polar surface area (TPSA) is 45.0 Å². The molecule has 0 saturated carbocycles. The highest BCUT2D eigenvalue weighted by Crippen LogP contribution is 2.18. The van der Waals surface area contributed by atoms with E-state index in [1.165, 1.54) is 11.1 Å². The van der Waals surface area contributed by atoms with Crippen molar-refractivity contribution in [3.8, 4) is 11.8 Å². The number of nitrogens with one attached hydrogen (secondary N) is 1. The average molecular weight is 252 g/mol. The first-order valence-electron chi connectivity index (χ1n) is 6.17. The summed E-state index contributed by atoms with van der Waals surface area (Å²) in [5.41, 5.74) is 3.48. The summed E-state index contributed by atoms with van der Waals surface area (Å²) in [6.45, 7) is 2.92. The number of nitrogens with zero attached hydrogens (tertiary/aromatic N) is 1. The highest BCUT2D eigenvalue weighted by molar-refractivity contribution is 5.48. The van der Waals surface area contributed by atoms with Gasteiger partial charge in [0.25, 0.3) is 0 Å². The summed E-state index contributed by atoms with van der Waals surface area (Å²) in [6.07, 6.45) is 0. The van der Waals surface area contributed by atoms with Crippen LogP contribution in [0.5, 0.6) is 5.75 Å². The van der Waals surface area contributed by atoms with E-state index in [0.29, 0.717) is 5.75 Å². The number of ether oxygens (including phenoxy) is 1. The number of aryl methyl sites for hydroxylation is 1. The van der Waals surface area contributed by atoms with Crippen molar-refractivity contribution in [1.82, 2.24) is 0 Å². The Kier molecular flexibility index (Phi) is 4.41. The Balaban J connectivity index is 1.98. The van der Waals surface area contributed by atoms with Gasteiger partial charge in [0.15, 0.2) is 6.61 Å². The van der Waals surface area contributed by atoms with E-state index in [2.05, 4.69) is 36.5 Å². The monoisotopic (exact) mass is 252 g/mol. The summed E-state index contributed by atoms with van der Waals surface area (Å²) < 4.78 is 5.27. The summed E-state index contributed by atoms with van der Waals surface area (Å²) in [6, 6.07) is 18.0. The van der Waals surface area contributed by atoms with Crippen LogP contribution < -0.4 is 10.1 Å². The summed E-state index contributed by atoms with van der Waals surface area (Å²) in [5, 5.41) is 11.8. The van der Waals surface area contributed by atoms with E-state index in [1.54, 1.807) is 0 Å². The molecule has 0 atom stereocenters. The second-order valence-electron chi connectivity index (χ2n) is 4.32. The normalized spacial score (nSPS) is 9.68. The first kappa shape index (κ1) is 13.0. The van der Waals surface area contributed by atoms with E-state index in [-0.39, 0.29) is 6.61 Å². The molecule has 0 fully saturated rings. The van der Waals surface area contributed by atoms with Gasteiger partial charge in [0.2, 0.25) is 0 Å². The molecule has 0 aromatic heterocycles. The lowest BCUT2D eigenvalue weighted by Crippen LogP contribution is -2.00. The van der Waals surface area contributed by atoms with Crippen LogP contribution in [0.25, 0.3) is 0 Å². The van der Waals surface area contributed by atoms with Crippen molar-refractivity contribution in [2.24, 2.45) is 0 Å². The quantitative estimate of drug-likeness (QED) is 0.885. The smallest absolute Gasteiger partial charge is 0.174 e. The van der Waals surface area contributed by atoms with Crippen LogP contribution >= 0.6 is 0 Å². The van der Waals surface area contributed by atoms with Crippen molar-refractivity contribution in [2.75, 3.05) is 11.9 Å². The molecule has 0 aliphatic rings. The lowest BCUT2D eigenvalue weighted by Gasteiger charge is -2.09. The molecule has 3 nitrogen and oxygen atoms in total. The fourth-order valence-electron chi connectivity index (χ4n) is 1.84. The molecule has 1 N–H and O–H groups in total. The Labute approximate surface area is 113 Å². The van der Waals surface area contributed by atoms with Crippen molar-refractivity contribution in [3.05, 3.63) is 59.7 Å². The number of benzene rings is 2. The van der Waals surface area contributed by atoms with Gasteiger partial charge in [-0.25, -0.2) is 0 Å². The molecule has 0 aliphatic heterocycles. The van der Waals surface area contributed by atoms with Crippen LogP contribution in [0.4, 0.5) is 5.69 Å². The van der Waals surface area contributed by atoms with Gasteiger partial charge in [0.1, 0.15) is 11.8 Å². The van der Waals surface area contributed by atoms with Crippen molar-refractivity contribution in [3.63, 3.8) is 0 Å². The van der Waals surface area contributed by atoms with Crippen molar-refractivity contribution in [2.45, 2.75) is 13.5 Å². The van der Waals surface area contributed by atoms with Gasteiger partial charge in [-0.3, -0.25) is 0 Å². The van der Waals surface area contributed by atoms with E-state index in [4.69, 9.17) is 10.00 Å². The minimum Gasteiger partial charge on any atom is -0.479 e. The molecule has 2 rings (SSSR count). The summed E-state index contributed by atoms with van der Waals surface area (Å²) in [5.74, 6) is 0.704. The molecule has 19 heavy (non-hydrogen) atoms. The van der Waals surface area contributed by atoms with Crippen LogP contribution in [0, 0.1) is 18.3 Å². The highest BCUT2D eigenvalue weighted by atomic mass is 16.5. The zero-order valence-electron chi connectivity index (χ0n) is 10.9. The molecule has 0 saturated heterocycles. The predicted molar refractivity (Wildman–Crippen MR) is 76.1 cm³/mol. The fraction of sp³-hybridized carbons (Fsp3) is 0.188. The molecule has 3 heteroatoms. The molecule has 0 radical (unpaired) electrons. The van der Waals surface area contributed by atoms with Gasteiger partial charge in [-0.2, -0.15) is 5.26 Å². The van der Waals surface area contributed by atoms with Gasteiger partial charge in [0, 0.05) is 18.3 Å². The van der Waals surface area contributed by atoms with E-state index in [9.17, 15) is 0 Å². The van der Waals surface area contributed by atoms with E-state index in [1.807, 2.05) is 30.3 Å². The van der Waals surface area contributed by atoms with E-state index < -0.39 is 0 Å². The molecule has 2 aromatic rings. The number of rotatable bonds is 5. The minimum atomic E-state index is 0.0708. The van der Waals surface area contributed by atoms with Crippen LogP contribution in [0.2, 0.25) is 0 Å². The van der Waals surface area contributed by atoms with Gasteiger partial charge in [0.05, 0.1) is 0 Å². The third-order valence-corrected chi connectivity index (χ3v) is 2.72. The van der Waals surface area contributed by atoms with Crippen LogP contribution in [-0.2, 0) is 6.54 Å². The molecule has 0 unspecified atom stereocenters. The second kappa shape index (κ2) is 6.46. The molecule has 2 aromatic carbocycles. The molecule has 0 bridgehead atoms. The lowest BCUT2D eigenvalue weighted by atomic mass is 10.1. The maximum Gasteiger partial charge on any atom is 0.174 e.